The Morgan fingerprint density at radius 1 is 1.20 bits per heavy atom. The van der Waals surface area contributed by atoms with Crippen LogP contribution in [0, 0.1) is 12.8 Å². The minimum atomic E-state index is -3.42. The van der Waals surface area contributed by atoms with E-state index >= 15 is 0 Å². The van der Waals surface area contributed by atoms with Crippen LogP contribution in [-0.2, 0) is 16.6 Å². The van der Waals surface area contributed by atoms with Crippen molar-refractivity contribution in [3.8, 4) is 0 Å². The molecule has 2 aromatic rings. The van der Waals surface area contributed by atoms with Gasteiger partial charge < -0.3 is 0 Å². The van der Waals surface area contributed by atoms with Crippen LogP contribution in [0.2, 0.25) is 0 Å². The minimum Gasteiger partial charge on any atom is -0.299 e. The summed E-state index contributed by atoms with van der Waals surface area (Å²) in [6, 6.07) is 11.1. The van der Waals surface area contributed by atoms with E-state index in [0.29, 0.717) is 17.4 Å². The lowest BCUT2D eigenvalue weighted by atomic mass is 9.97. The summed E-state index contributed by atoms with van der Waals surface area (Å²) in [5, 5.41) is 0. The molecule has 1 aromatic carbocycles. The number of nitrogens with one attached hydrogen (secondary N) is 1. The highest BCUT2D eigenvalue weighted by Gasteiger charge is 2.22. The Hall–Kier alpha value is -1.76. The van der Waals surface area contributed by atoms with Gasteiger partial charge in [0, 0.05) is 25.5 Å². The quantitative estimate of drug-likeness (QED) is 0.861. The van der Waals surface area contributed by atoms with E-state index in [2.05, 4.69) is 20.7 Å². The molecule has 1 saturated heterocycles. The van der Waals surface area contributed by atoms with Crippen molar-refractivity contribution in [3.63, 3.8) is 0 Å². The highest BCUT2D eigenvalue weighted by Crippen LogP contribution is 2.19. The van der Waals surface area contributed by atoms with Gasteiger partial charge in [0.2, 0.25) is 10.0 Å². The summed E-state index contributed by atoms with van der Waals surface area (Å²) in [6.07, 6.45) is 5.71. The van der Waals surface area contributed by atoms with Crippen LogP contribution in [0.4, 0.5) is 0 Å². The zero-order valence-electron chi connectivity index (χ0n) is 14.6. The first-order valence-corrected chi connectivity index (χ1v) is 10.2. The first-order valence-electron chi connectivity index (χ1n) is 8.70. The molecule has 0 atom stereocenters. The summed E-state index contributed by atoms with van der Waals surface area (Å²) in [6.45, 7) is 5.31. The Morgan fingerprint density at radius 3 is 2.68 bits per heavy atom. The van der Waals surface area contributed by atoms with Crippen LogP contribution in [-0.4, -0.2) is 37.9 Å². The number of hydrogen-bond acceptors (Lipinski definition) is 4. The standard InChI is InChI=1S/C19H25N3O2S/c1-16-4-2-6-19(12-16)25(23,24)21-14-17-7-10-22(11-8-17)15-18-5-3-9-20-13-18/h2-6,9,12-13,17,21H,7-8,10-11,14-15H2,1H3. The molecule has 2 heterocycles. The van der Waals surface area contributed by atoms with Crippen LogP contribution in [0.5, 0.6) is 0 Å². The van der Waals surface area contributed by atoms with Gasteiger partial charge in [-0.1, -0.05) is 18.2 Å². The number of aromatic nitrogens is 1. The van der Waals surface area contributed by atoms with Gasteiger partial charge in [-0.2, -0.15) is 0 Å². The first-order chi connectivity index (χ1) is 12.0. The molecule has 6 heteroatoms. The van der Waals surface area contributed by atoms with Crippen LogP contribution < -0.4 is 4.72 Å². The highest BCUT2D eigenvalue weighted by molar-refractivity contribution is 7.89. The van der Waals surface area contributed by atoms with Gasteiger partial charge in [0.25, 0.3) is 0 Å². The van der Waals surface area contributed by atoms with Crippen LogP contribution in [0.15, 0.2) is 53.7 Å². The van der Waals surface area contributed by atoms with Crippen molar-refractivity contribution in [3.05, 3.63) is 59.9 Å². The molecule has 0 spiro atoms. The molecule has 134 valence electrons. The van der Waals surface area contributed by atoms with E-state index in [1.54, 1.807) is 24.4 Å². The molecular weight excluding hydrogens is 334 g/mol. The maximum Gasteiger partial charge on any atom is 0.240 e. The normalized spacial score (nSPS) is 16.8. The molecule has 0 aliphatic carbocycles. The van der Waals surface area contributed by atoms with E-state index in [-0.39, 0.29) is 0 Å². The molecule has 0 unspecified atom stereocenters. The number of nitrogens with zero attached hydrogens (tertiary/aromatic N) is 2. The predicted molar refractivity (Wildman–Crippen MR) is 98.6 cm³/mol. The van der Waals surface area contributed by atoms with Crippen LogP contribution in [0.3, 0.4) is 0 Å². The van der Waals surface area contributed by atoms with Crippen LogP contribution in [0.1, 0.15) is 24.0 Å². The average Bonchev–Trinajstić information content (AvgIpc) is 2.62. The molecular formula is C19H25N3O2S. The van der Waals surface area contributed by atoms with Crippen molar-refractivity contribution in [1.82, 2.24) is 14.6 Å². The van der Waals surface area contributed by atoms with Gasteiger partial charge in [-0.25, -0.2) is 13.1 Å². The topological polar surface area (TPSA) is 62.3 Å². The van der Waals surface area contributed by atoms with Gasteiger partial charge in [-0.15, -0.1) is 0 Å². The van der Waals surface area contributed by atoms with Gasteiger partial charge >= 0.3 is 0 Å². The first kappa shape index (κ1) is 18.0. The monoisotopic (exact) mass is 359 g/mol. The second kappa shape index (κ2) is 8.08. The van der Waals surface area contributed by atoms with Crippen molar-refractivity contribution in [2.24, 2.45) is 5.92 Å². The van der Waals surface area contributed by atoms with Crippen molar-refractivity contribution < 1.29 is 8.42 Å². The number of likely N-dealkylation sites (tertiary alicyclic amines) is 1. The fourth-order valence-corrected chi connectivity index (χ4v) is 4.41. The van der Waals surface area contributed by atoms with E-state index in [0.717, 1.165) is 38.0 Å². The van der Waals surface area contributed by atoms with E-state index < -0.39 is 10.0 Å². The second-order valence-corrected chi connectivity index (χ2v) is 8.52. The molecule has 1 N–H and O–H groups in total. The van der Waals surface area contributed by atoms with Crippen molar-refractivity contribution in [2.75, 3.05) is 19.6 Å². The van der Waals surface area contributed by atoms with Crippen LogP contribution in [0.25, 0.3) is 0 Å². The van der Waals surface area contributed by atoms with Crippen molar-refractivity contribution in [1.29, 1.82) is 0 Å². The van der Waals surface area contributed by atoms with E-state index in [1.807, 2.05) is 25.3 Å². The number of pyridine rings is 1. The Bertz CT molecular complexity index is 785. The summed E-state index contributed by atoms with van der Waals surface area (Å²) in [4.78, 5) is 6.91. The molecule has 1 aliphatic heterocycles. The predicted octanol–water partition coefficient (Wildman–Crippen LogP) is 2.58. The lowest BCUT2D eigenvalue weighted by Crippen LogP contribution is -2.38. The van der Waals surface area contributed by atoms with E-state index in [4.69, 9.17) is 0 Å². The fourth-order valence-electron chi connectivity index (χ4n) is 3.19. The summed E-state index contributed by atoms with van der Waals surface area (Å²) in [5.41, 5.74) is 2.17. The largest absolute Gasteiger partial charge is 0.299 e. The lowest BCUT2D eigenvalue weighted by Gasteiger charge is -2.31. The highest BCUT2D eigenvalue weighted by atomic mass is 32.2. The third-order valence-corrected chi connectivity index (χ3v) is 6.12. The van der Waals surface area contributed by atoms with Gasteiger partial charge in [-0.3, -0.25) is 9.88 Å². The van der Waals surface area contributed by atoms with Crippen molar-refractivity contribution >= 4 is 10.0 Å². The number of benzene rings is 1. The molecule has 1 aromatic heterocycles. The Labute approximate surface area is 150 Å². The van der Waals surface area contributed by atoms with Crippen molar-refractivity contribution in [2.45, 2.75) is 31.2 Å². The second-order valence-electron chi connectivity index (χ2n) is 6.75. The maximum atomic E-state index is 12.4. The number of sulfonamides is 1. The third kappa shape index (κ3) is 5.11. The molecule has 25 heavy (non-hydrogen) atoms. The molecule has 1 aliphatic rings. The number of aryl methyl sites for hydroxylation is 1. The smallest absolute Gasteiger partial charge is 0.240 e. The minimum absolute atomic E-state index is 0.349. The van der Waals surface area contributed by atoms with Crippen LogP contribution >= 0.6 is 0 Å². The molecule has 5 nitrogen and oxygen atoms in total. The van der Waals surface area contributed by atoms with E-state index in [9.17, 15) is 8.42 Å². The molecule has 3 rings (SSSR count). The summed E-state index contributed by atoms with van der Waals surface area (Å²) in [5.74, 6) is 0.393. The average molecular weight is 359 g/mol. The summed E-state index contributed by atoms with van der Waals surface area (Å²) < 4.78 is 27.6. The van der Waals surface area contributed by atoms with E-state index in [1.165, 1.54) is 5.56 Å². The third-order valence-electron chi connectivity index (χ3n) is 4.70. The van der Waals surface area contributed by atoms with Gasteiger partial charge in [0.05, 0.1) is 4.90 Å². The Morgan fingerprint density at radius 2 is 2.00 bits per heavy atom. The lowest BCUT2D eigenvalue weighted by molar-refractivity contribution is 0.178. The molecule has 0 bridgehead atoms. The maximum absolute atomic E-state index is 12.4. The Kier molecular flexibility index (Phi) is 5.83. The molecule has 0 saturated carbocycles. The Balaban J connectivity index is 1.48. The SMILES string of the molecule is Cc1cccc(S(=O)(=O)NCC2CCN(Cc3cccnc3)CC2)c1. The number of rotatable bonds is 6. The zero-order chi connectivity index (χ0) is 17.7. The molecule has 0 radical (unpaired) electrons. The zero-order valence-corrected chi connectivity index (χ0v) is 15.4. The molecule has 1 fully saturated rings. The van der Waals surface area contributed by atoms with Gasteiger partial charge in [0.15, 0.2) is 0 Å². The molecule has 0 amide bonds. The fraction of sp³-hybridized carbons (Fsp3) is 0.421. The summed E-state index contributed by atoms with van der Waals surface area (Å²) >= 11 is 0. The number of piperidine rings is 1. The summed E-state index contributed by atoms with van der Waals surface area (Å²) in [7, 11) is -3.42. The van der Waals surface area contributed by atoms with Gasteiger partial charge in [-0.05, 0) is 68.1 Å². The number of hydrogen-bond donors (Lipinski definition) is 1. The van der Waals surface area contributed by atoms with Gasteiger partial charge in [0.1, 0.15) is 0 Å².